The standard InChI is InChI=1S/C13H18ClN5O/c1-7(2)12-17-11(14)8(3)13(18-12)15-6-5-10-16-9(4)20-19-10/h7H,5-6H2,1-4H3,(H,15,17,18). The van der Waals surface area contributed by atoms with Crippen molar-refractivity contribution in [1.82, 2.24) is 20.1 Å². The molecule has 20 heavy (non-hydrogen) atoms. The largest absolute Gasteiger partial charge is 0.369 e. The van der Waals surface area contributed by atoms with Gasteiger partial charge in [0, 0.05) is 31.4 Å². The lowest BCUT2D eigenvalue weighted by Gasteiger charge is -2.12. The molecule has 6 nitrogen and oxygen atoms in total. The van der Waals surface area contributed by atoms with Crippen molar-refractivity contribution in [2.45, 2.75) is 40.0 Å². The molecule has 0 aliphatic carbocycles. The van der Waals surface area contributed by atoms with Crippen molar-refractivity contribution >= 4 is 17.4 Å². The third-order valence-electron chi connectivity index (χ3n) is 2.83. The van der Waals surface area contributed by atoms with Crippen LogP contribution in [0.15, 0.2) is 4.52 Å². The Labute approximate surface area is 123 Å². The minimum Gasteiger partial charge on any atom is -0.369 e. The number of hydrogen-bond acceptors (Lipinski definition) is 6. The molecule has 0 fully saturated rings. The molecule has 0 spiro atoms. The highest BCUT2D eigenvalue weighted by Crippen LogP contribution is 2.22. The average Bonchev–Trinajstić information content (AvgIpc) is 2.80. The van der Waals surface area contributed by atoms with Gasteiger partial charge in [0.1, 0.15) is 16.8 Å². The van der Waals surface area contributed by atoms with E-state index in [0.717, 1.165) is 17.2 Å². The first-order valence-electron chi connectivity index (χ1n) is 6.54. The maximum atomic E-state index is 6.13. The molecule has 0 unspecified atom stereocenters. The summed E-state index contributed by atoms with van der Waals surface area (Å²) in [4.78, 5) is 12.9. The first-order chi connectivity index (χ1) is 9.47. The fourth-order valence-electron chi connectivity index (χ4n) is 1.67. The van der Waals surface area contributed by atoms with Gasteiger partial charge in [-0.3, -0.25) is 0 Å². The van der Waals surface area contributed by atoms with E-state index in [4.69, 9.17) is 16.1 Å². The first kappa shape index (κ1) is 14.7. The molecule has 0 saturated carbocycles. The van der Waals surface area contributed by atoms with Crippen LogP contribution < -0.4 is 5.32 Å². The van der Waals surface area contributed by atoms with Crippen molar-refractivity contribution in [2.24, 2.45) is 0 Å². The Balaban J connectivity index is 2.05. The van der Waals surface area contributed by atoms with E-state index in [9.17, 15) is 0 Å². The Kier molecular flexibility index (Phi) is 4.54. The normalized spacial score (nSPS) is 11.1. The van der Waals surface area contributed by atoms with Crippen LogP contribution in [-0.2, 0) is 6.42 Å². The topological polar surface area (TPSA) is 76.7 Å². The van der Waals surface area contributed by atoms with Crippen molar-refractivity contribution in [3.05, 3.63) is 28.3 Å². The summed E-state index contributed by atoms with van der Waals surface area (Å²) in [5, 5.41) is 7.58. The zero-order chi connectivity index (χ0) is 14.7. The maximum absolute atomic E-state index is 6.13. The lowest BCUT2D eigenvalue weighted by Crippen LogP contribution is -2.11. The van der Waals surface area contributed by atoms with Gasteiger partial charge in [0.15, 0.2) is 5.82 Å². The molecule has 7 heteroatoms. The fraction of sp³-hybridized carbons (Fsp3) is 0.538. The van der Waals surface area contributed by atoms with Crippen LogP contribution in [-0.4, -0.2) is 26.7 Å². The zero-order valence-corrected chi connectivity index (χ0v) is 12.8. The fourth-order valence-corrected chi connectivity index (χ4v) is 1.85. The summed E-state index contributed by atoms with van der Waals surface area (Å²) in [5.74, 6) is 2.97. The molecule has 0 aliphatic heterocycles. The van der Waals surface area contributed by atoms with Crippen molar-refractivity contribution in [1.29, 1.82) is 0 Å². The van der Waals surface area contributed by atoms with E-state index in [2.05, 4.69) is 25.4 Å². The molecule has 0 aromatic carbocycles. The maximum Gasteiger partial charge on any atom is 0.223 e. The molecule has 0 amide bonds. The second-order valence-corrected chi connectivity index (χ2v) is 5.27. The highest BCUT2D eigenvalue weighted by Gasteiger charge is 2.11. The monoisotopic (exact) mass is 295 g/mol. The average molecular weight is 296 g/mol. The number of aryl methyl sites for hydroxylation is 1. The van der Waals surface area contributed by atoms with E-state index in [-0.39, 0.29) is 5.92 Å². The van der Waals surface area contributed by atoms with Gasteiger partial charge < -0.3 is 9.84 Å². The Hall–Kier alpha value is -1.69. The van der Waals surface area contributed by atoms with Gasteiger partial charge in [-0.15, -0.1) is 0 Å². The molecular weight excluding hydrogens is 278 g/mol. The van der Waals surface area contributed by atoms with Crippen LogP contribution >= 0.6 is 11.6 Å². The van der Waals surface area contributed by atoms with E-state index in [1.165, 1.54) is 0 Å². The van der Waals surface area contributed by atoms with Crippen LogP contribution in [0, 0.1) is 13.8 Å². The summed E-state index contributed by atoms with van der Waals surface area (Å²) < 4.78 is 4.93. The second-order valence-electron chi connectivity index (χ2n) is 4.91. The smallest absolute Gasteiger partial charge is 0.223 e. The summed E-state index contributed by atoms with van der Waals surface area (Å²) in [5.41, 5.74) is 0.848. The molecule has 0 aliphatic rings. The van der Waals surface area contributed by atoms with Crippen molar-refractivity contribution in [3.8, 4) is 0 Å². The minimum absolute atomic E-state index is 0.230. The van der Waals surface area contributed by atoms with E-state index in [1.54, 1.807) is 6.92 Å². The van der Waals surface area contributed by atoms with Gasteiger partial charge in [0.05, 0.1) is 0 Å². The van der Waals surface area contributed by atoms with Crippen LogP contribution in [0.1, 0.15) is 42.9 Å². The van der Waals surface area contributed by atoms with Gasteiger partial charge in [-0.2, -0.15) is 4.98 Å². The molecule has 0 bridgehead atoms. The number of nitrogens with one attached hydrogen (secondary N) is 1. The summed E-state index contributed by atoms with van der Waals surface area (Å²) in [7, 11) is 0. The van der Waals surface area contributed by atoms with Crippen molar-refractivity contribution in [3.63, 3.8) is 0 Å². The number of aromatic nitrogens is 4. The van der Waals surface area contributed by atoms with Crippen LogP contribution in [0.4, 0.5) is 5.82 Å². The number of hydrogen-bond donors (Lipinski definition) is 1. The van der Waals surface area contributed by atoms with Gasteiger partial charge >= 0.3 is 0 Å². The van der Waals surface area contributed by atoms with Gasteiger partial charge in [0.25, 0.3) is 0 Å². The van der Waals surface area contributed by atoms with Crippen molar-refractivity contribution < 1.29 is 4.52 Å². The highest BCUT2D eigenvalue weighted by atomic mass is 35.5. The second kappa shape index (κ2) is 6.17. The molecular formula is C13H18ClN5O. The van der Waals surface area contributed by atoms with Crippen molar-refractivity contribution in [2.75, 3.05) is 11.9 Å². The molecule has 0 atom stereocenters. The third-order valence-corrected chi connectivity index (χ3v) is 3.20. The summed E-state index contributed by atoms with van der Waals surface area (Å²) in [6.45, 7) is 8.39. The molecule has 2 heterocycles. The Morgan fingerprint density at radius 3 is 2.55 bits per heavy atom. The molecule has 0 radical (unpaired) electrons. The van der Waals surface area contributed by atoms with Gasteiger partial charge in [-0.05, 0) is 6.92 Å². The van der Waals surface area contributed by atoms with Gasteiger partial charge in [-0.1, -0.05) is 30.6 Å². The molecule has 1 N–H and O–H groups in total. The summed E-state index contributed by atoms with van der Waals surface area (Å²) in [6, 6.07) is 0. The molecule has 108 valence electrons. The molecule has 2 rings (SSSR count). The molecule has 2 aromatic rings. The van der Waals surface area contributed by atoms with E-state index in [0.29, 0.717) is 29.8 Å². The number of nitrogens with zero attached hydrogens (tertiary/aromatic N) is 4. The zero-order valence-electron chi connectivity index (χ0n) is 12.1. The molecule has 2 aromatic heterocycles. The van der Waals surface area contributed by atoms with Gasteiger partial charge in [-0.25, -0.2) is 9.97 Å². The SMILES string of the molecule is Cc1nc(CCNc2nc(C(C)C)nc(Cl)c2C)no1. The Morgan fingerprint density at radius 2 is 1.95 bits per heavy atom. The van der Waals surface area contributed by atoms with E-state index < -0.39 is 0 Å². The van der Waals surface area contributed by atoms with E-state index in [1.807, 2.05) is 20.8 Å². The van der Waals surface area contributed by atoms with Crippen LogP contribution in [0.5, 0.6) is 0 Å². The minimum atomic E-state index is 0.230. The van der Waals surface area contributed by atoms with Crippen LogP contribution in [0.2, 0.25) is 5.15 Å². The highest BCUT2D eigenvalue weighted by molar-refractivity contribution is 6.30. The number of rotatable bonds is 5. The van der Waals surface area contributed by atoms with Crippen LogP contribution in [0.25, 0.3) is 0 Å². The lowest BCUT2D eigenvalue weighted by molar-refractivity contribution is 0.387. The Bertz CT molecular complexity index is 596. The predicted octanol–water partition coefficient (Wildman–Crippen LogP) is 2.91. The molecule has 0 saturated heterocycles. The van der Waals surface area contributed by atoms with Gasteiger partial charge in [0.2, 0.25) is 5.89 Å². The van der Waals surface area contributed by atoms with Crippen LogP contribution in [0.3, 0.4) is 0 Å². The number of anilines is 1. The third kappa shape index (κ3) is 3.45. The van der Waals surface area contributed by atoms with E-state index >= 15 is 0 Å². The Morgan fingerprint density at radius 1 is 1.20 bits per heavy atom. The quantitative estimate of drug-likeness (QED) is 0.855. The first-order valence-corrected chi connectivity index (χ1v) is 6.92. The lowest BCUT2D eigenvalue weighted by atomic mass is 10.2. The number of halogens is 1. The summed E-state index contributed by atoms with van der Waals surface area (Å²) in [6.07, 6.45) is 0.662. The summed E-state index contributed by atoms with van der Waals surface area (Å²) >= 11 is 6.13. The predicted molar refractivity (Wildman–Crippen MR) is 77.1 cm³/mol.